The van der Waals surface area contributed by atoms with Crippen molar-refractivity contribution in [1.82, 2.24) is 0 Å². The Hall–Kier alpha value is -1.03. The van der Waals surface area contributed by atoms with Gasteiger partial charge < -0.3 is 10.5 Å². The average molecular weight is 402 g/mol. The second-order valence-electron chi connectivity index (χ2n) is 10.4. The Bertz CT molecular complexity index is 801. The normalized spacial score (nSPS) is 41.5. The minimum atomic E-state index is -0.204. The molecule has 1 aromatic rings. The van der Waals surface area contributed by atoms with E-state index in [0.717, 1.165) is 24.2 Å². The van der Waals surface area contributed by atoms with Crippen LogP contribution in [0.15, 0.2) is 0 Å². The third kappa shape index (κ3) is 2.42. The molecule has 0 radical (unpaired) electrons. The largest absolute Gasteiger partial charge is 0.462 e. The van der Waals surface area contributed by atoms with Gasteiger partial charge in [-0.3, -0.25) is 0 Å². The fourth-order valence-electron chi connectivity index (χ4n) is 8.15. The van der Waals surface area contributed by atoms with E-state index in [4.69, 9.17) is 10.5 Å². The summed E-state index contributed by atoms with van der Waals surface area (Å²) in [4.78, 5) is 14.1. The molecule has 2 N–H and O–H groups in total. The average Bonchev–Trinajstić information content (AvgIpc) is 3.14. The van der Waals surface area contributed by atoms with Crippen molar-refractivity contribution in [3.05, 3.63) is 16.0 Å². The second kappa shape index (κ2) is 6.48. The highest BCUT2D eigenvalue weighted by atomic mass is 32.1. The molecule has 1 aromatic heterocycles. The maximum atomic E-state index is 12.7. The first-order valence-corrected chi connectivity index (χ1v) is 12.3. The maximum absolute atomic E-state index is 12.7. The fourth-order valence-corrected chi connectivity index (χ4v) is 9.41. The predicted octanol–water partition coefficient (Wildman–Crippen LogP) is 5.95. The van der Waals surface area contributed by atoms with Gasteiger partial charge in [-0.2, -0.15) is 0 Å². The highest BCUT2D eigenvalue weighted by Gasteiger charge is 2.59. The van der Waals surface area contributed by atoms with Crippen LogP contribution in [0.1, 0.15) is 92.9 Å². The first kappa shape index (κ1) is 19.0. The van der Waals surface area contributed by atoms with Crippen LogP contribution in [0.4, 0.5) is 5.00 Å². The minimum Gasteiger partial charge on any atom is -0.462 e. The molecule has 3 saturated carbocycles. The van der Waals surface area contributed by atoms with Crippen LogP contribution in [-0.4, -0.2) is 12.6 Å². The molecule has 0 amide bonds. The smallest absolute Gasteiger partial charge is 0.341 e. The highest BCUT2D eigenvalue weighted by molar-refractivity contribution is 7.16. The molecule has 4 heteroatoms. The number of ether oxygens (including phenoxy) is 1. The molecule has 0 aromatic carbocycles. The molecular weight excluding hydrogens is 366 g/mol. The first-order chi connectivity index (χ1) is 13.4. The Kier molecular flexibility index (Phi) is 4.39. The van der Waals surface area contributed by atoms with E-state index in [0.29, 0.717) is 28.5 Å². The lowest BCUT2D eigenvalue weighted by atomic mass is 9.45. The molecule has 3 fully saturated rings. The number of thiophene rings is 1. The zero-order valence-corrected chi connectivity index (χ0v) is 18.5. The molecule has 1 heterocycles. The van der Waals surface area contributed by atoms with Gasteiger partial charge in [-0.05, 0) is 91.9 Å². The van der Waals surface area contributed by atoms with Gasteiger partial charge in [-0.25, -0.2) is 4.79 Å². The lowest BCUT2D eigenvalue weighted by molar-refractivity contribution is -0.0904. The van der Waals surface area contributed by atoms with Gasteiger partial charge in [0.25, 0.3) is 0 Å². The van der Waals surface area contributed by atoms with Gasteiger partial charge in [0, 0.05) is 4.88 Å². The number of rotatable bonds is 2. The number of nitrogens with two attached hydrogens (primary N) is 1. The van der Waals surface area contributed by atoms with Crippen molar-refractivity contribution >= 4 is 22.3 Å². The Labute approximate surface area is 173 Å². The molecule has 0 unspecified atom stereocenters. The number of hydrogen-bond donors (Lipinski definition) is 1. The Morgan fingerprint density at radius 1 is 1.14 bits per heavy atom. The molecular formula is C24H35NO2S. The minimum absolute atomic E-state index is 0.102. The van der Waals surface area contributed by atoms with E-state index in [-0.39, 0.29) is 11.4 Å². The number of carbonyl (C=O) groups is 1. The molecule has 4 aliphatic rings. The van der Waals surface area contributed by atoms with Crippen LogP contribution in [0, 0.1) is 29.1 Å². The van der Waals surface area contributed by atoms with E-state index in [9.17, 15) is 4.79 Å². The van der Waals surface area contributed by atoms with Gasteiger partial charge in [0.05, 0.1) is 12.2 Å². The standard InChI is InChI=1S/C24H35NO2S/c1-4-27-22(26)19-20-18(28-21(19)25)13-17-15-9-8-14-7-5-6-11-23(14,2)16(15)10-12-24(17,20)3/h14-17H,4-13,25H2,1-3H3/t14-,15+,16-,17-,23-,24-/m0/s1. The van der Waals surface area contributed by atoms with Gasteiger partial charge >= 0.3 is 5.97 Å². The number of nitrogen functional groups attached to an aromatic ring is 1. The van der Waals surface area contributed by atoms with Crippen LogP contribution in [-0.2, 0) is 16.6 Å². The molecule has 0 bridgehead atoms. The summed E-state index contributed by atoms with van der Waals surface area (Å²) in [6.07, 6.45) is 12.2. The molecule has 0 aliphatic heterocycles. The molecule has 4 aliphatic carbocycles. The molecule has 0 spiro atoms. The summed E-state index contributed by atoms with van der Waals surface area (Å²) >= 11 is 1.66. The van der Waals surface area contributed by atoms with E-state index < -0.39 is 0 Å². The number of hydrogen-bond acceptors (Lipinski definition) is 4. The molecule has 3 nitrogen and oxygen atoms in total. The summed E-state index contributed by atoms with van der Waals surface area (Å²) in [6.45, 7) is 7.35. The summed E-state index contributed by atoms with van der Waals surface area (Å²) in [7, 11) is 0. The third-order valence-corrected chi connectivity index (χ3v) is 10.5. The number of fused-ring (bicyclic) bond motifs is 7. The van der Waals surface area contributed by atoms with E-state index in [2.05, 4.69) is 13.8 Å². The van der Waals surface area contributed by atoms with Crippen molar-refractivity contribution in [1.29, 1.82) is 0 Å². The Morgan fingerprint density at radius 3 is 2.75 bits per heavy atom. The number of carbonyl (C=O) groups excluding carboxylic acids is 1. The van der Waals surface area contributed by atoms with Crippen molar-refractivity contribution in [2.24, 2.45) is 29.1 Å². The van der Waals surface area contributed by atoms with E-state index >= 15 is 0 Å². The highest BCUT2D eigenvalue weighted by Crippen LogP contribution is 2.66. The fraction of sp³-hybridized carbons (Fsp3) is 0.792. The zero-order valence-electron chi connectivity index (χ0n) is 17.7. The molecule has 0 saturated heterocycles. The van der Waals surface area contributed by atoms with Gasteiger partial charge in [-0.15, -0.1) is 11.3 Å². The summed E-state index contributed by atoms with van der Waals surface area (Å²) < 4.78 is 5.40. The van der Waals surface area contributed by atoms with Gasteiger partial charge in [0.15, 0.2) is 0 Å². The van der Waals surface area contributed by atoms with Crippen LogP contribution in [0.5, 0.6) is 0 Å². The summed E-state index contributed by atoms with van der Waals surface area (Å²) in [5, 5.41) is 0.674. The van der Waals surface area contributed by atoms with Crippen LogP contribution in [0.2, 0.25) is 0 Å². The summed E-state index contributed by atoms with van der Waals surface area (Å²) in [5.74, 6) is 3.12. The predicted molar refractivity (Wildman–Crippen MR) is 115 cm³/mol. The molecule has 6 atom stereocenters. The summed E-state index contributed by atoms with van der Waals surface area (Å²) in [6, 6.07) is 0. The van der Waals surface area contributed by atoms with Crippen LogP contribution >= 0.6 is 11.3 Å². The number of esters is 1. The van der Waals surface area contributed by atoms with Crippen molar-refractivity contribution in [3.63, 3.8) is 0 Å². The lowest BCUT2D eigenvalue weighted by Crippen LogP contribution is -2.53. The van der Waals surface area contributed by atoms with Gasteiger partial charge in [0.1, 0.15) is 5.00 Å². The van der Waals surface area contributed by atoms with Crippen LogP contribution in [0.25, 0.3) is 0 Å². The van der Waals surface area contributed by atoms with Crippen molar-refractivity contribution in [2.75, 3.05) is 12.3 Å². The quantitative estimate of drug-likeness (QED) is 0.623. The maximum Gasteiger partial charge on any atom is 0.341 e. The monoisotopic (exact) mass is 401 g/mol. The van der Waals surface area contributed by atoms with Crippen LogP contribution < -0.4 is 5.73 Å². The Balaban J connectivity index is 1.51. The second-order valence-corrected chi connectivity index (χ2v) is 11.6. The van der Waals surface area contributed by atoms with Crippen molar-refractivity contribution < 1.29 is 9.53 Å². The summed E-state index contributed by atoms with van der Waals surface area (Å²) in [5.41, 5.74) is 8.96. The van der Waals surface area contributed by atoms with E-state index in [1.807, 2.05) is 6.92 Å². The topological polar surface area (TPSA) is 52.3 Å². The van der Waals surface area contributed by atoms with E-state index in [1.165, 1.54) is 61.8 Å². The molecule has 5 rings (SSSR count). The third-order valence-electron chi connectivity index (χ3n) is 9.44. The zero-order chi connectivity index (χ0) is 19.7. The van der Waals surface area contributed by atoms with Crippen LogP contribution in [0.3, 0.4) is 0 Å². The molecule has 28 heavy (non-hydrogen) atoms. The lowest BCUT2D eigenvalue weighted by Gasteiger charge is -2.60. The number of anilines is 1. The van der Waals surface area contributed by atoms with Crippen molar-refractivity contribution in [3.8, 4) is 0 Å². The van der Waals surface area contributed by atoms with Crippen molar-refractivity contribution in [2.45, 2.75) is 84.0 Å². The first-order valence-electron chi connectivity index (χ1n) is 11.5. The van der Waals surface area contributed by atoms with Gasteiger partial charge in [-0.1, -0.05) is 26.7 Å². The van der Waals surface area contributed by atoms with E-state index in [1.54, 1.807) is 11.3 Å². The Morgan fingerprint density at radius 2 is 1.96 bits per heavy atom. The van der Waals surface area contributed by atoms with Gasteiger partial charge in [0.2, 0.25) is 0 Å². The molecule has 154 valence electrons. The SMILES string of the molecule is CCOC(=O)c1c(N)sc2c1[C@@]1(C)CC[C@H]3[C@@H](CC[C@@H]4CCCC[C@@]43C)[C@@H]1C2.